The summed E-state index contributed by atoms with van der Waals surface area (Å²) in [5.41, 5.74) is 7.63. The summed E-state index contributed by atoms with van der Waals surface area (Å²) in [6.45, 7) is 0.298. The van der Waals surface area contributed by atoms with Crippen LogP contribution in [0.15, 0.2) is 30.3 Å². The van der Waals surface area contributed by atoms with E-state index in [2.05, 4.69) is 10.2 Å². The molecule has 6 heteroatoms. The molecular formula is C13H14F2N4. The minimum atomic E-state index is -1.66. The maximum absolute atomic E-state index is 13.9. The normalized spacial score (nSPS) is 22.9. The van der Waals surface area contributed by atoms with Gasteiger partial charge in [0, 0.05) is 18.5 Å². The number of benzene rings is 1. The molecule has 0 bridgehead atoms. The quantitative estimate of drug-likeness (QED) is 0.819. The Balaban J connectivity index is 2.05. The number of aromatic nitrogens is 2. The average molecular weight is 264 g/mol. The molecule has 1 saturated heterocycles. The fourth-order valence-electron chi connectivity index (χ4n) is 2.39. The molecule has 0 spiro atoms. The zero-order chi connectivity index (χ0) is 13.4. The summed E-state index contributed by atoms with van der Waals surface area (Å²) in [6, 6.07) is 9.31. The molecule has 0 saturated carbocycles. The summed E-state index contributed by atoms with van der Waals surface area (Å²) in [5, 5.41) is 6.75. The number of anilines is 2. The van der Waals surface area contributed by atoms with E-state index in [-0.39, 0.29) is 12.2 Å². The molecule has 1 aromatic carbocycles. The lowest BCUT2D eigenvalue weighted by Crippen LogP contribution is -2.30. The Labute approximate surface area is 109 Å². The van der Waals surface area contributed by atoms with E-state index < -0.39 is 12.5 Å². The SMILES string of the molecule is Nc1[nH]nc(-c2ccccc2)c1N1CCC(F)C1F. The molecular weight excluding hydrogens is 250 g/mol. The molecule has 2 atom stereocenters. The Morgan fingerprint density at radius 2 is 2.00 bits per heavy atom. The fraction of sp³-hybridized carbons (Fsp3) is 0.308. The van der Waals surface area contributed by atoms with Gasteiger partial charge in [-0.2, -0.15) is 5.10 Å². The number of alkyl halides is 2. The lowest BCUT2D eigenvalue weighted by molar-refractivity contribution is 0.200. The van der Waals surface area contributed by atoms with E-state index in [0.29, 0.717) is 17.9 Å². The number of nitrogens with two attached hydrogens (primary N) is 1. The number of rotatable bonds is 2. The smallest absolute Gasteiger partial charge is 0.204 e. The van der Waals surface area contributed by atoms with Crippen molar-refractivity contribution in [2.45, 2.75) is 18.9 Å². The van der Waals surface area contributed by atoms with Crippen molar-refractivity contribution in [1.29, 1.82) is 0 Å². The zero-order valence-electron chi connectivity index (χ0n) is 10.2. The molecule has 2 aromatic rings. The van der Waals surface area contributed by atoms with Gasteiger partial charge in [0.1, 0.15) is 17.2 Å². The van der Waals surface area contributed by atoms with Crippen LogP contribution in [0.2, 0.25) is 0 Å². The number of nitrogen functional groups attached to an aromatic ring is 1. The van der Waals surface area contributed by atoms with Gasteiger partial charge in [0.25, 0.3) is 0 Å². The first kappa shape index (κ1) is 12.0. The van der Waals surface area contributed by atoms with Crippen LogP contribution in [0.25, 0.3) is 11.3 Å². The molecule has 3 rings (SSSR count). The number of aromatic amines is 1. The molecule has 19 heavy (non-hydrogen) atoms. The standard InChI is InChI=1S/C13H14F2N4/c14-9-6-7-19(12(9)15)11-10(17-18-13(11)16)8-4-2-1-3-5-8/h1-5,9,12H,6-7H2,(H3,16,17,18). The van der Waals surface area contributed by atoms with Crippen molar-refractivity contribution in [2.24, 2.45) is 0 Å². The van der Waals surface area contributed by atoms with Gasteiger partial charge in [-0.05, 0) is 0 Å². The van der Waals surface area contributed by atoms with E-state index in [9.17, 15) is 8.78 Å². The molecule has 0 amide bonds. The Hall–Kier alpha value is -2.11. The molecule has 1 aliphatic heterocycles. The lowest BCUT2D eigenvalue weighted by atomic mass is 10.1. The van der Waals surface area contributed by atoms with Crippen LogP contribution in [0, 0.1) is 0 Å². The second-order valence-electron chi connectivity index (χ2n) is 4.57. The zero-order valence-corrected chi connectivity index (χ0v) is 10.2. The molecule has 0 aliphatic carbocycles. The van der Waals surface area contributed by atoms with Gasteiger partial charge in [0.15, 0.2) is 6.17 Å². The fourth-order valence-corrected chi connectivity index (χ4v) is 2.39. The van der Waals surface area contributed by atoms with E-state index in [1.807, 2.05) is 30.3 Å². The highest BCUT2D eigenvalue weighted by Gasteiger charge is 2.37. The first-order chi connectivity index (χ1) is 9.18. The van der Waals surface area contributed by atoms with Gasteiger partial charge in [-0.3, -0.25) is 5.10 Å². The van der Waals surface area contributed by atoms with Crippen LogP contribution in [0.5, 0.6) is 0 Å². The minimum Gasteiger partial charge on any atom is -0.382 e. The predicted octanol–water partition coefficient (Wildman–Crippen LogP) is 2.50. The number of nitrogens with zero attached hydrogens (tertiary/aromatic N) is 2. The third kappa shape index (κ3) is 1.93. The first-order valence-electron chi connectivity index (χ1n) is 6.12. The molecule has 1 aliphatic rings. The Morgan fingerprint density at radius 1 is 1.26 bits per heavy atom. The van der Waals surface area contributed by atoms with E-state index in [1.54, 1.807) is 0 Å². The van der Waals surface area contributed by atoms with Crippen LogP contribution < -0.4 is 10.6 Å². The Bertz CT molecular complexity index is 569. The van der Waals surface area contributed by atoms with Crippen LogP contribution in [-0.4, -0.2) is 29.2 Å². The van der Waals surface area contributed by atoms with Crippen LogP contribution in [0.1, 0.15) is 6.42 Å². The summed E-state index contributed by atoms with van der Waals surface area (Å²) >= 11 is 0. The molecule has 1 aromatic heterocycles. The summed E-state index contributed by atoms with van der Waals surface area (Å²) in [6.07, 6.45) is -2.97. The highest BCUT2D eigenvalue weighted by atomic mass is 19.2. The van der Waals surface area contributed by atoms with Crippen molar-refractivity contribution in [3.05, 3.63) is 30.3 Å². The topological polar surface area (TPSA) is 57.9 Å². The number of hydrogen-bond donors (Lipinski definition) is 2. The third-order valence-electron chi connectivity index (χ3n) is 3.34. The summed E-state index contributed by atoms with van der Waals surface area (Å²) < 4.78 is 27.2. The van der Waals surface area contributed by atoms with Crippen molar-refractivity contribution in [2.75, 3.05) is 17.2 Å². The van der Waals surface area contributed by atoms with Crippen molar-refractivity contribution in [1.82, 2.24) is 10.2 Å². The first-order valence-corrected chi connectivity index (χ1v) is 6.12. The predicted molar refractivity (Wildman–Crippen MR) is 70.2 cm³/mol. The second-order valence-corrected chi connectivity index (χ2v) is 4.57. The van der Waals surface area contributed by atoms with Gasteiger partial charge < -0.3 is 10.6 Å². The van der Waals surface area contributed by atoms with E-state index in [1.165, 1.54) is 4.90 Å². The molecule has 3 N–H and O–H groups in total. The van der Waals surface area contributed by atoms with Gasteiger partial charge in [-0.25, -0.2) is 8.78 Å². The third-order valence-corrected chi connectivity index (χ3v) is 3.34. The minimum absolute atomic E-state index is 0.167. The highest BCUT2D eigenvalue weighted by Crippen LogP contribution is 2.38. The van der Waals surface area contributed by atoms with E-state index in [0.717, 1.165) is 5.56 Å². The number of nitrogens with one attached hydrogen (secondary N) is 1. The number of halogens is 2. The Kier molecular flexibility index (Phi) is 2.85. The summed E-state index contributed by atoms with van der Waals surface area (Å²) in [7, 11) is 0. The van der Waals surface area contributed by atoms with Crippen molar-refractivity contribution < 1.29 is 8.78 Å². The molecule has 1 fully saturated rings. The van der Waals surface area contributed by atoms with Crippen molar-refractivity contribution in [3.63, 3.8) is 0 Å². The summed E-state index contributed by atoms with van der Waals surface area (Å²) in [5.74, 6) is 0.260. The Morgan fingerprint density at radius 3 is 2.63 bits per heavy atom. The van der Waals surface area contributed by atoms with E-state index >= 15 is 0 Å². The van der Waals surface area contributed by atoms with Gasteiger partial charge in [0.2, 0.25) is 6.30 Å². The van der Waals surface area contributed by atoms with Gasteiger partial charge >= 0.3 is 0 Å². The number of H-pyrrole nitrogens is 1. The second kappa shape index (κ2) is 4.53. The molecule has 2 unspecified atom stereocenters. The monoisotopic (exact) mass is 264 g/mol. The number of hydrogen-bond acceptors (Lipinski definition) is 3. The van der Waals surface area contributed by atoms with Crippen LogP contribution in [0.3, 0.4) is 0 Å². The maximum Gasteiger partial charge on any atom is 0.204 e. The van der Waals surface area contributed by atoms with E-state index in [4.69, 9.17) is 5.73 Å². The van der Waals surface area contributed by atoms with Crippen molar-refractivity contribution in [3.8, 4) is 11.3 Å². The van der Waals surface area contributed by atoms with Crippen molar-refractivity contribution >= 4 is 11.5 Å². The van der Waals surface area contributed by atoms with Crippen LogP contribution in [0.4, 0.5) is 20.3 Å². The summed E-state index contributed by atoms with van der Waals surface area (Å²) in [4.78, 5) is 1.34. The molecule has 2 heterocycles. The lowest BCUT2D eigenvalue weighted by Gasteiger charge is -2.21. The average Bonchev–Trinajstić information content (AvgIpc) is 2.95. The molecule has 100 valence electrons. The molecule has 4 nitrogen and oxygen atoms in total. The van der Waals surface area contributed by atoms with Gasteiger partial charge in [-0.1, -0.05) is 30.3 Å². The molecule has 0 radical (unpaired) electrons. The maximum atomic E-state index is 13.9. The van der Waals surface area contributed by atoms with Gasteiger partial charge in [0.05, 0.1) is 0 Å². The van der Waals surface area contributed by atoms with Crippen LogP contribution in [-0.2, 0) is 0 Å². The largest absolute Gasteiger partial charge is 0.382 e. The highest BCUT2D eigenvalue weighted by molar-refractivity contribution is 5.83. The van der Waals surface area contributed by atoms with Gasteiger partial charge in [-0.15, -0.1) is 0 Å². The van der Waals surface area contributed by atoms with Crippen LogP contribution >= 0.6 is 0 Å².